The van der Waals surface area contributed by atoms with Crippen molar-refractivity contribution in [3.8, 4) is 11.8 Å². The standard InChI is InChI=1S/C11H8O/c1-2-3-9-4-5-10-7-12-8-11(10)6-9/h4-8H,1H3. The molecule has 2 aromatic rings. The molecule has 0 saturated heterocycles. The summed E-state index contributed by atoms with van der Waals surface area (Å²) in [5, 5.41) is 2.23. The summed E-state index contributed by atoms with van der Waals surface area (Å²) in [5.41, 5.74) is 1.03. The first-order chi connectivity index (χ1) is 5.90. The van der Waals surface area contributed by atoms with Gasteiger partial charge in [0.1, 0.15) is 0 Å². The lowest BCUT2D eigenvalue weighted by molar-refractivity contribution is 0.572. The summed E-state index contributed by atoms with van der Waals surface area (Å²) in [7, 11) is 0. The fraction of sp³-hybridized carbons (Fsp3) is 0.0909. The predicted molar refractivity (Wildman–Crippen MR) is 48.8 cm³/mol. The van der Waals surface area contributed by atoms with Crippen molar-refractivity contribution in [1.29, 1.82) is 0 Å². The summed E-state index contributed by atoms with van der Waals surface area (Å²) >= 11 is 0. The SMILES string of the molecule is CC#Cc1ccc2cocc2c1. The molecule has 0 amide bonds. The Kier molecular flexibility index (Phi) is 1.60. The van der Waals surface area contributed by atoms with Crippen molar-refractivity contribution in [1.82, 2.24) is 0 Å². The minimum absolute atomic E-state index is 1.03. The topological polar surface area (TPSA) is 13.1 Å². The van der Waals surface area contributed by atoms with Crippen molar-refractivity contribution in [2.45, 2.75) is 6.92 Å². The molecule has 1 heteroatoms. The molecule has 1 aromatic carbocycles. The number of fused-ring (bicyclic) bond motifs is 1. The van der Waals surface area contributed by atoms with Gasteiger partial charge in [0.15, 0.2) is 0 Å². The Morgan fingerprint density at radius 1 is 1.17 bits per heavy atom. The first-order valence-corrected chi connectivity index (χ1v) is 3.79. The molecule has 0 radical (unpaired) electrons. The minimum Gasteiger partial charge on any atom is -0.471 e. The van der Waals surface area contributed by atoms with Crippen molar-refractivity contribution in [3.05, 3.63) is 36.3 Å². The Labute approximate surface area is 71.0 Å². The van der Waals surface area contributed by atoms with Crippen molar-refractivity contribution in [2.75, 3.05) is 0 Å². The average molecular weight is 156 g/mol. The fourth-order valence-corrected chi connectivity index (χ4v) is 1.19. The second-order valence-electron chi connectivity index (χ2n) is 2.59. The van der Waals surface area contributed by atoms with Gasteiger partial charge in [0.05, 0.1) is 12.5 Å². The van der Waals surface area contributed by atoms with Crippen LogP contribution in [0.3, 0.4) is 0 Å². The van der Waals surface area contributed by atoms with Gasteiger partial charge in [0, 0.05) is 16.3 Å². The predicted octanol–water partition coefficient (Wildman–Crippen LogP) is 2.80. The number of benzene rings is 1. The lowest BCUT2D eigenvalue weighted by Crippen LogP contribution is -1.71. The third kappa shape index (κ3) is 1.08. The maximum absolute atomic E-state index is 5.05. The monoisotopic (exact) mass is 156 g/mol. The lowest BCUT2D eigenvalue weighted by Gasteiger charge is -1.88. The number of rotatable bonds is 0. The molecule has 58 valence electrons. The Bertz CT molecular complexity index is 454. The molecule has 0 unspecified atom stereocenters. The Hall–Kier alpha value is -1.68. The van der Waals surface area contributed by atoms with Crippen LogP contribution in [0.25, 0.3) is 10.8 Å². The van der Waals surface area contributed by atoms with Crippen molar-refractivity contribution in [3.63, 3.8) is 0 Å². The highest BCUT2D eigenvalue weighted by molar-refractivity contribution is 5.82. The molecule has 0 N–H and O–H groups in total. The summed E-state index contributed by atoms with van der Waals surface area (Å²) in [5.74, 6) is 5.86. The van der Waals surface area contributed by atoms with Crippen LogP contribution in [-0.4, -0.2) is 0 Å². The van der Waals surface area contributed by atoms with Gasteiger partial charge in [-0.2, -0.15) is 0 Å². The van der Waals surface area contributed by atoms with Gasteiger partial charge in [-0.1, -0.05) is 5.92 Å². The summed E-state index contributed by atoms with van der Waals surface area (Å²) in [6.45, 7) is 1.83. The van der Waals surface area contributed by atoms with Gasteiger partial charge in [-0.15, -0.1) is 5.92 Å². The van der Waals surface area contributed by atoms with Crippen LogP contribution in [0.5, 0.6) is 0 Å². The second kappa shape index (κ2) is 2.75. The molecular formula is C11H8O. The molecule has 1 nitrogen and oxygen atoms in total. The first kappa shape index (κ1) is 7.00. The van der Waals surface area contributed by atoms with E-state index >= 15 is 0 Å². The minimum atomic E-state index is 1.03. The second-order valence-corrected chi connectivity index (χ2v) is 2.59. The van der Waals surface area contributed by atoms with E-state index in [4.69, 9.17) is 4.42 Å². The molecule has 2 rings (SSSR count). The van der Waals surface area contributed by atoms with Crippen LogP contribution in [-0.2, 0) is 0 Å². The molecule has 0 saturated carbocycles. The zero-order chi connectivity index (χ0) is 8.39. The number of furan rings is 1. The van der Waals surface area contributed by atoms with Crippen LogP contribution in [0.2, 0.25) is 0 Å². The maximum Gasteiger partial charge on any atom is 0.0981 e. The molecule has 0 spiro atoms. The molecule has 12 heavy (non-hydrogen) atoms. The van der Waals surface area contributed by atoms with Gasteiger partial charge in [-0.3, -0.25) is 0 Å². The van der Waals surface area contributed by atoms with E-state index in [1.54, 1.807) is 12.5 Å². The normalized spacial score (nSPS) is 9.42. The molecular weight excluding hydrogens is 148 g/mol. The smallest absolute Gasteiger partial charge is 0.0981 e. The summed E-state index contributed by atoms with van der Waals surface area (Å²) in [4.78, 5) is 0. The van der Waals surface area contributed by atoms with E-state index in [1.807, 2.05) is 25.1 Å². The average Bonchev–Trinajstić information content (AvgIpc) is 2.51. The molecule has 0 aliphatic carbocycles. The van der Waals surface area contributed by atoms with E-state index in [-0.39, 0.29) is 0 Å². The van der Waals surface area contributed by atoms with Gasteiger partial charge in [0.2, 0.25) is 0 Å². The van der Waals surface area contributed by atoms with E-state index in [2.05, 4.69) is 11.8 Å². The lowest BCUT2D eigenvalue weighted by atomic mass is 10.1. The molecule has 0 bridgehead atoms. The van der Waals surface area contributed by atoms with E-state index in [0.717, 1.165) is 16.3 Å². The molecule has 0 aliphatic rings. The quantitative estimate of drug-likeness (QED) is 0.534. The van der Waals surface area contributed by atoms with Gasteiger partial charge in [0.25, 0.3) is 0 Å². The first-order valence-electron chi connectivity index (χ1n) is 3.79. The van der Waals surface area contributed by atoms with E-state index < -0.39 is 0 Å². The Balaban J connectivity index is 2.65. The Morgan fingerprint density at radius 2 is 2.00 bits per heavy atom. The molecule has 0 fully saturated rings. The van der Waals surface area contributed by atoms with E-state index in [9.17, 15) is 0 Å². The van der Waals surface area contributed by atoms with Crippen molar-refractivity contribution >= 4 is 10.8 Å². The van der Waals surface area contributed by atoms with E-state index in [1.165, 1.54) is 0 Å². The summed E-state index contributed by atoms with van der Waals surface area (Å²) in [6, 6.07) is 6.03. The molecule has 1 aromatic heterocycles. The van der Waals surface area contributed by atoms with Crippen LogP contribution >= 0.6 is 0 Å². The van der Waals surface area contributed by atoms with Crippen LogP contribution in [0.1, 0.15) is 12.5 Å². The maximum atomic E-state index is 5.05. The van der Waals surface area contributed by atoms with Crippen LogP contribution in [0, 0.1) is 11.8 Å². The number of hydrogen-bond acceptors (Lipinski definition) is 1. The van der Waals surface area contributed by atoms with Crippen molar-refractivity contribution in [2.24, 2.45) is 0 Å². The number of hydrogen-bond donors (Lipinski definition) is 0. The Morgan fingerprint density at radius 3 is 2.83 bits per heavy atom. The third-order valence-electron chi connectivity index (χ3n) is 1.75. The highest BCUT2D eigenvalue weighted by atomic mass is 16.3. The van der Waals surface area contributed by atoms with E-state index in [0.29, 0.717) is 0 Å². The fourth-order valence-electron chi connectivity index (χ4n) is 1.19. The van der Waals surface area contributed by atoms with Crippen LogP contribution in [0.4, 0.5) is 0 Å². The zero-order valence-corrected chi connectivity index (χ0v) is 6.79. The molecule has 0 atom stereocenters. The highest BCUT2D eigenvalue weighted by Crippen LogP contribution is 2.16. The van der Waals surface area contributed by atoms with Gasteiger partial charge in [-0.25, -0.2) is 0 Å². The van der Waals surface area contributed by atoms with Crippen molar-refractivity contribution < 1.29 is 4.42 Å². The summed E-state index contributed by atoms with van der Waals surface area (Å²) in [6.07, 6.45) is 3.47. The van der Waals surface area contributed by atoms with Gasteiger partial charge < -0.3 is 4.42 Å². The van der Waals surface area contributed by atoms with Gasteiger partial charge in [-0.05, 0) is 25.1 Å². The highest BCUT2D eigenvalue weighted by Gasteiger charge is 1.94. The summed E-state index contributed by atoms with van der Waals surface area (Å²) < 4.78 is 5.05. The molecule has 1 heterocycles. The van der Waals surface area contributed by atoms with Crippen LogP contribution < -0.4 is 0 Å². The van der Waals surface area contributed by atoms with Crippen LogP contribution in [0.15, 0.2) is 35.1 Å². The van der Waals surface area contributed by atoms with Gasteiger partial charge >= 0.3 is 0 Å². The largest absolute Gasteiger partial charge is 0.471 e. The third-order valence-corrected chi connectivity index (χ3v) is 1.75. The molecule has 0 aliphatic heterocycles. The zero-order valence-electron chi connectivity index (χ0n) is 6.79.